The molecular weight excluding hydrogens is 172 g/mol. The van der Waals surface area contributed by atoms with Crippen LogP contribution in [0.15, 0.2) is 30.3 Å². The number of hydrogen-bond acceptors (Lipinski definition) is 1. The molecule has 0 N–H and O–H groups in total. The van der Waals surface area contributed by atoms with E-state index in [1.165, 1.54) is 0 Å². The summed E-state index contributed by atoms with van der Waals surface area (Å²) in [5.41, 5.74) is 0.946. The Hall–Kier alpha value is -1.11. The largest absolute Gasteiger partial charge is 0.294 e. The molecule has 0 aliphatic carbocycles. The maximum absolute atomic E-state index is 11.8. The number of rotatable bonds is 4. The lowest BCUT2D eigenvalue weighted by Crippen LogP contribution is -2.15. The van der Waals surface area contributed by atoms with Crippen molar-refractivity contribution >= 4 is 5.78 Å². The molecule has 1 aromatic rings. The molecule has 1 rings (SSSR count). The average Bonchev–Trinajstić information content (AvgIpc) is 2.19. The predicted octanol–water partition coefficient (Wildman–Crippen LogP) is 3.70. The number of carbonyl (C=O) groups is 1. The zero-order valence-corrected chi connectivity index (χ0v) is 9.21. The van der Waals surface area contributed by atoms with Gasteiger partial charge in [-0.1, -0.05) is 57.5 Å². The maximum Gasteiger partial charge on any atom is 0.163 e. The molecule has 76 valence electrons. The van der Waals surface area contributed by atoms with Crippen molar-refractivity contribution in [3.63, 3.8) is 0 Å². The summed E-state index contributed by atoms with van der Waals surface area (Å²) in [6, 6.07) is 9.52. The Morgan fingerprint density at radius 3 is 2.29 bits per heavy atom. The Labute approximate surface area is 86.1 Å². The smallest absolute Gasteiger partial charge is 0.163 e. The fourth-order valence-electron chi connectivity index (χ4n) is 1.29. The summed E-state index contributed by atoms with van der Waals surface area (Å²) in [6.07, 6.45) is 1.67. The number of hydrogen-bond donors (Lipinski definition) is 0. The molecule has 14 heavy (non-hydrogen) atoms. The normalized spacial score (nSPS) is 11.4. The first-order valence-electron chi connectivity index (χ1n) is 5.13. The highest BCUT2D eigenvalue weighted by molar-refractivity contribution is 5.96. The molecule has 1 aromatic carbocycles. The molecule has 0 heterocycles. The molecule has 0 amide bonds. The molecule has 0 radical (unpaired) electrons. The van der Waals surface area contributed by atoms with Gasteiger partial charge in [0, 0.05) is 12.0 Å². The summed E-state index contributed by atoms with van der Waals surface area (Å²) in [7, 11) is 0. The summed E-state index contributed by atoms with van der Waals surface area (Å²) < 4.78 is 0. The summed E-state index contributed by atoms with van der Waals surface area (Å²) in [5, 5.41) is 0. The molecule has 0 fully saturated rings. The molecular formula is C13H18O. The third-order valence-corrected chi connectivity index (χ3v) is 2.69. The summed E-state index contributed by atoms with van der Waals surface area (Å²) in [6.45, 7) is 6.39. The minimum absolute atomic E-state index is 0.118. The van der Waals surface area contributed by atoms with Gasteiger partial charge in [0.15, 0.2) is 5.78 Å². The van der Waals surface area contributed by atoms with E-state index in [1.54, 1.807) is 0 Å². The Kier molecular flexibility index (Phi) is 3.45. The highest BCUT2D eigenvalue weighted by Crippen LogP contribution is 2.26. The second-order valence-corrected chi connectivity index (χ2v) is 4.48. The van der Waals surface area contributed by atoms with Crippen LogP contribution >= 0.6 is 0 Å². The third-order valence-electron chi connectivity index (χ3n) is 2.69. The van der Waals surface area contributed by atoms with Crippen molar-refractivity contribution in [3.05, 3.63) is 35.9 Å². The van der Waals surface area contributed by atoms with Crippen molar-refractivity contribution in [3.8, 4) is 0 Å². The molecule has 0 unspecified atom stereocenters. The lowest BCUT2D eigenvalue weighted by atomic mass is 9.83. The van der Waals surface area contributed by atoms with Crippen molar-refractivity contribution in [2.45, 2.75) is 33.6 Å². The van der Waals surface area contributed by atoms with Gasteiger partial charge in [-0.05, 0) is 5.41 Å². The van der Waals surface area contributed by atoms with Gasteiger partial charge in [0.05, 0.1) is 0 Å². The van der Waals surface area contributed by atoms with Crippen LogP contribution in [0, 0.1) is 5.41 Å². The summed E-state index contributed by atoms with van der Waals surface area (Å²) >= 11 is 0. The van der Waals surface area contributed by atoms with Crippen molar-refractivity contribution in [1.82, 2.24) is 0 Å². The van der Waals surface area contributed by atoms with Crippen molar-refractivity contribution in [1.29, 1.82) is 0 Å². The van der Waals surface area contributed by atoms with Crippen molar-refractivity contribution in [2.75, 3.05) is 0 Å². The van der Waals surface area contributed by atoms with Gasteiger partial charge in [-0.2, -0.15) is 0 Å². The van der Waals surface area contributed by atoms with Gasteiger partial charge in [-0.25, -0.2) is 0 Å². The van der Waals surface area contributed by atoms with Gasteiger partial charge in [-0.3, -0.25) is 4.79 Å². The van der Waals surface area contributed by atoms with Gasteiger partial charge in [0.1, 0.15) is 0 Å². The average molecular weight is 190 g/mol. The van der Waals surface area contributed by atoms with Crippen molar-refractivity contribution in [2.24, 2.45) is 5.41 Å². The zero-order chi connectivity index (χ0) is 10.6. The molecule has 0 spiro atoms. The molecule has 0 aliphatic rings. The first kappa shape index (κ1) is 11.0. The topological polar surface area (TPSA) is 17.1 Å². The van der Waals surface area contributed by atoms with Crippen LogP contribution in [0.5, 0.6) is 0 Å². The molecule has 0 saturated carbocycles. The van der Waals surface area contributed by atoms with E-state index < -0.39 is 0 Å². The Bertz CT molecular complexity index is 298. The van der Waals surface area contributed by atoms with E-state index >= 15 is 0 Å². The van der Waals surface area contributed by atoms with E-state index in [0.717, 1.165) is 12.0 Å². The Balaban J connectivity index is 2.69. The lowest BCUT2D eigenvalue weighted by molar-refractivity contribution is 0.0928. The predicted molar refractivity (Wildman–Crippen MR) is 59.5 cm³/mol. The SMILES string of the molecule is CCC(C)(C)CC(=O)c1ccccc1. The molecule has 0 aromatic heterocycles. The number of Topliss-reactive ketones (excluding diaryl/α,β-unsaturated/α-hetero) is 1. The van der Waals surface area contributed by atoms with Crippen LogP contribution in [0.4, 0.5) is 0 Å². The first-order valence-corrected chi connectivity index (χ1v) is 5.13. The monoisotopic (exact) mass is 190 g/mol. The highest BCUT2D eigenvalue weighted by atomic mass is 16.1. The highest BCUT2D eigenvalue weighted by Gasteiger charge is 2.20. The molecule has 1 nitrogen and oxygen atoms in total. The zero-order valence-electron chi connectivity index (χ0n) is 9.21. The third kappa shape index (κ3) is 2.99. The fraction of sp³-hybridized carbons (Fsp3) is 0.462. The fourth-order valence-corrected chi connectivity index (χ4v) is 1.29. The van der Waals surface area contributed by atoms with Crippen LogP contribution in [-0.4, -0.2) is 5.78 Å². The van der Waals surface area contributed by atoms with Gasteiger partial charge in [0.25, 0.3) is 0 Å². The van der Waals surface area contributed by atoms with Crippen LogP contribution in [0.3, 0.4) is 0 Å². The van der Waals surface area contributed by atoms with Gasteiger partial charge < -0.3 is 0 Å². The van der Waals surface area contributed by atoms with E-state index in [-0.39, 0.29) is 11.2 Å². The molecule has 0 saturated heterocycles. The van der Waals surface area contributed by atoms with Gasteiger partial charge >= 0.3 is 0 Å². The maximum atomic E-state index is 11.8. The Morgan fingerprint density at radius 1 is 1.21 bits per heavy atom. The standard InChI is InChI=1S/C13H18O/c1-4-13(2,3)10-12(14)11-8-6-5-7-9-11/h5-9H,4,10H2,1-3H3. The summed E-state index contributed by atoms with van der Waals surface area (Å²) in [4.78, 5) is 11.8. The van der Waals surface area contributed by atoms with E-state index in [2.05, 4.69) is 20.8 Å². The molecule has 0 aliphatic heterocycles. The van der Waals surface area contributed by atoms with Gasteiger partial charge in [-0.15, -0.1) is 0 Å². The molecule has 0 atom stereocenters. The van der Waals surface area contributed by atoms with Crippen molar-refractivity contribution < 1.29 is 4.79 Å². The van der Waals surface area contributed by atoms with Crippen LogP contribution in [0.25, 0.3) is 0 Å². The van der Waals surface area contributed by atoms with Gasteiger partial charge in [0.2, 0.25) is 0 Å². The quantitative estimate of drug-likeness (QED) is 0.662. The lowest BCUT2D eigenvalue weighted by Gasteiger charge is -2.21. The minimum Gasteiger partial charge on any atom is -0.294 e. The van der Waals surface area contributed by atoms with Crippen LogP contribution < -0.4 is 0 Å². The number of carbonyl (C=O) groups excluding carboxylic acids is 1. The first-order chi connectivity index (χ1) is 6.55. The minimum atomic E-state index is 0.118. The van der Waals surface area contributed by atoms with E-state index in [4.69, 9.17) is 0 Å². The van der Waals surface area contributed by atoms with Crippen LogP contribution in [0.1, 0.15) is 44.0 Å². The van der Waals surface area contributed by atoms with E-state index in [1.807, 2.05) is 30.3 Å². The molecule has 1 heteroatoms. The van der Waals surface area contributed by atoms with E-state index in [0.29, 0.717) is 6.42 Å². The number of benzene rings is 1. The number of ketones is 1. The van der Waals surface area contributed by atoms with Crippen LogP contribution in [-0.2, 0) is 0 Å². The summed E-state index contributed by atoms with van der Waals surface area (Å²) in [5.74, 6) is 0.248. The second kappa shape index (κ2) is 4.41. The molecule has 0 bridgehead atoms. The second-order valence-electron chi connectivity index (χ2n) is 4.48. The van der Waals surface area contributed by atoms with Crippen LogP contribution in [0.2, 0.25) is 0 Å². The van der Waals surface area contributed by atoms with E-state index in [9.17, 15) is 4.79 Å². The Morgan fingerprint density at radius 2 is 1.79 bits per heavy atom.